The summed E-state index contributed by atoms with van der Waals surface area (Å²) in [5.74, 6) is 0.521. The van der Waals surface area contributed by atoms with Crippen molar-refractivity contribution in [2.45, 2.75) is 32.0 Å². The van der Waals surface area contributed by atoms with E-state index in [0.29, 0.717) is 38.6 Å². The number of likely N-dealkylation sites (tertiary alicyclic amines) is 1. The van der Waals surface area contributed by atoms with E-state index >= 15 is 0 Å². The highest BCUT2D eigenvalue weighted by Crippen LogP contribution is 2.40. The molecule has 5 nitrogen and oxygen atoms in total. The van der Waals surface area contributed by atoms with Gasteiger partial charge >= 0.3 is 0 Å². The number of nitrogens with zero attached hydrogens (tertiary/aromatic N) is 2. The van der Waals surface area contributed by atoms with Crippen LogP contribution in [-0.2, 0) is 27.3 Å². The standard InChI is InChI=1S/C22H26N2O3/c1-17-4-6-18(7-5-17)11-21(25)24-15-22(16-24)20(8-10-27-22)14-26-13-19-3-2-9-23-12-19/h2-7,9,12,20H,8,10-11,13-16H2,1H3. The van der Waals surface area contributed by atoms with E-state index in [0.717, 1.165) is 24.2 Å². The molecular formula is C22H26N2O3. The lowest BCUT2D eigenvalue weighted by Crippen LogP contribution is -2.66. The first-order valence-electron chi connectivity index (χ1n) is 9.59. The van der Waals surface area contributed by atoms with Crippen LogP contribution in [0.4, 0.5) is 0 Å². The lowest BCUT2D eigenvalue weighted by Gasteiger charge is -2.50. The zero-order valence-electron chi connectivity index (χ0n) is 15.8. The number of ether oxygens (including phenoxy) is 2. The van der Waals surface area contributed by atoms with Gasteiger partial charge in [-0.25, -0.2) is 0 Å². The predicted octanol–water partition coefficient (Wildman–Crippen LogP) is 2.77. The van der Waals surface area contributed by atoms with Gasteiger partial charge in [-0.15, -0.1) is 0 Å². The topological polar surface area (TPSA) is 51.7 Å². The fraction of sp³-hybridized carbons (Fsp3) is 0.455. The van der Waals surface area contributed by atoms with Gasteiger partial charge in [-0.1, -0.05) is 35.9 Å². The van der Waals surface area contributed by atoms with Gasteiger partial charge in [0.05, 0.1) is 32.7 Å². The molecule has 0 saturated carbocycles. The third-order valence-electron chi connectivity index (χ3n) is 5.66. The van der Waals surface area contributed by atoms with Gasteiger partial charge in [-0.2, -0.15) is 0 Å². The molecule has 1 unspecified atom stereocenters. The van der Waals surface area contributed by atoms with Crippen molar-refractivity contribution in [1.82, 2.24) is 9.88 Å². The van der Waals surface area contributed by atoms with Crippen molar-refractivity contribution in [3.8, 4) is 0 Å². The Balaban J connectivity index is 1.27. The Kier molecular flexibility index (Phi) is 5.23. The molecule has 1 atom stereocenters. The summed E-state index contributed by atoms with van der Waals surface area (Å²) in [6.45, 7) is 5.39. The van der Waals surface area contributed by atoms with Crippen LogP contribution in [0.3, 0.4) is 0 Å². The average molecular weight is 366 g/mol. The molecule has 0 aliphatic carbocycles. The Morgan fingerprint density at radius 3 is 2.81 bits per heavy atom. The van der Waals surface area contributed by atoms with Crippen LogP contribution in [0.25, 0.3) is 0 Å². The second kappa shape index (κ2) is 7.79. The average Bonchev–Trinajstić information content (AvgIpc) is 3.07. The molecule has 0 radical (unpaired) electrons. The maximum absolute atomic E-state index is 12.6. The number of carbonyl (C=O) groups excluding carboxylic acids is 1. The van der Waals surface area contributed by atoms with Crippen LogP contribution in [0.5, 0.6) is 0 Å². The van der Waals surface area contributed by atoms with E-state index in [4.69, 9.17) is 9.47 Å². The van der Waals surface area contributed by atoms with Crippen LogP contribution in [0, 0.1) is 12.8 Å². The van der Waals surface area contributed by atoms with Crippen molar-refractivity contribution in [3.05, 3.63) is 65.5 Å². The molecule has 3 heterocycles. The summed E-state index contributed by atoms with van der Waals surface area (Å²) in [6, 6.07) is 12.1. The summed E-state index contributed by atoms with van der Waals surface area (Å²) in [6.07, 6.45) is 5.04. The van der Waals surface area contributed by atoms with E-state index in [-0.39, 0.29) is 11.5 Å². The summed E-state index contributed by atoms with van der Waals surface area (Å²) < 4.78 is 12.0. The van der Waals surface area contributed by atoms with Crippen LogP contribution < -0.4 is 0 Å². The third kappa shape index (κ3) is 4.04. The maximum atomic E-state index is 12.6. The summed E-state index contributed by atoms with van der Waals surface area (Å²) in [5, 5.41) is 0. The van der Waals surface area contributed by atoms with Gasteiger partial charge in [0, 0.05) is 24.9 Å². The summed E-state index contributed by atoms with van der Waals surface area (Å²) in [5.41, 5.74) is 3.14. The monoisotopic (exact) mass is 366 g/mol. The number of carbonyl (C=O) groups is 1. The minimum atomic E-state index is -0.210. The van der Waals surface area contributed by atoms with Crippen LogP contribution in [0.15, 0.2) is 48.8 Å². The number of aryl methyl sites for hydroxylation is 1. The van der Waals surface area contributed by atoms with Crippen molar-refractivity contribution < 1.29 is 14.3 Å². The molecule has 0 N–H and O–H groups in total. The summed E-state index contributed by atoms with van der Waals surface area (Å²) >= 11 is 0. The zero-order chi connectivity index (χ0) is 18.7. The smallest absolute Gasteiger partial charge is 0.227 e. The second-order valence-electron chi connectivity index (χ2n) is 7.69. The van der Waals surface area contributed by atoms with Gasteiger partial charge in [0.25, 0.3) is 0 Å². The zero-order valence-corrected chi connectivity index (χ0v) is 15.8. The summed E-state index contributed by atoms with van der Waals surface area (Å²) in [7, 11) is 0. The van der Waals surface area contributed by atoms with Crippen molar-refractivity contribution in [2.75, 3.05) is 26.3 Å². The Labute approximate surface area is 160 Å². The van der Waals surface area contributed by atoms with Crippen molar-refractivity contribution in [1.29, 1.82) is 0 Å². The molecule has 1 aromatic carbocycles. The number of rotatable bonds is 6. The molecule has 1 spiro atoms. The molecule has 27 heavy (non-hydrogen) atoms. The molecular weight excluding hydrogens is 340 g/mol. The number of amides is 1. The van der Waals surface area contributed by atoms with Crippen molar-refractivity contribution in [2.24, 2.45) is 5.92 Å². The highest BCUT2D eigenvalue weighted by Gasteiger charge is 2.54. The number of hydrogen-bond donors (Lipinski definition) is 0. The number of aromatic nitrogens is 1. The molecule has 4 rings (SSSR count). The van der Waals surface area contributed by atoms with Gasteiger partial charge in [0.1, 0.15) is 5.60 Å². The lowest BCUT2D eigenvalue weighted by molar-refractivity contribution is -0.168. The van der Waals surface area contributed by atoms with E-state index in [2.05, 4.69) is 24.0 Å². The molecule has 2 aliphatic heterocycles. The molecule has 5 heteroatoms. The minimum Gasteiger partial charge on any atom is -0.376 e. The van der Waals surface area contributed by atoms with Crippen LogP contribution in [0.1, 0.15) is 23.1 Å². The van der Waals surface area contributed by atoms with E-state index < -0.39 is 0 Å². The third-order valence-corrected chi connectivity index (χ3v) is 5.66. The lowest BCUT2D eigenvalue weighted by atomic mass is 9.81. The van der Waals surface area contributed by atoms with E-state index in [1.54, 1.807) is 6.20 Å². The van der Waals surface area contributed by atoms with E-state index in [9.17, 15) is 4.79 Å². The van der Waals surface area contributed by atoms with Gasteiger partial charge in [0.15, 0.2) is 0 Å². The molecule has 2 fully saturated rings. The fourth-order valence-corrected chi connectivity index (χ4v) is 3.94. The minimum absolute atomic E-state index is 0.176. The highest BCUT2D eigenvalue weighted by atomic mass is 16.5. The molecule has 1 amide bonds. The quantitative estimate of drug-likeness (QED) is 0.789. The molecule has 142 valence electrons. The second-order valence-corrected chi connectivity index (χ2v) is 7.69. The molecule has 2 aromatic rings. The molecule has 1 aromatic heterocycles. The Morgan fingerprint density at radius 1 is 1.26 bits per heavy atom. The van der Waals surface area contributed by atoms with E-state index in [1.807, 2.05) is 35.4 Å². The summed E-state index contributed by atoms with van der Waals surface area (Å²) in [4.78, 5) is 18.6. The van der Waals surface area contributed by atoms with Gasteiger partial charge < -0.3 is 14.4 Å². The van der Waals surface area contributed by atoms with Crippen molar-refractivity contribution >= 4 is 5.91 Å². The number of pyridine rings is 1. The molecule has 2 saturated heterocycles. The van der Waals surface area contributed by atoms with Crippen LogP contribution >= 0.6 is 0 Å². The Morgan fingerprint density at radius 2 is 2.07 bits per heavy atom. The first-order chi connectivity index (χ1) is 13.1. The molecule has 0 bridgehead atoms. The predicted molar refractivity (Wildman–Crippen MR) is 102 cm³/mol. The Hall–Kier alpha value is -2.24. The van der Waals surface area contributed by atoms with Gasteiger partial charge in [-0.3, -0.25) is 9.78 Å². The van der Waals surface area contributed by atoms with Gasteiger partial charge in [0.2, 0.25) is 5.91 Å². The van der Waals surface area contributed by atoms with Crippen molar-refractivity contribution in [3.63, 3.8) is 0 Å². The SMILES string of the molecule is Cc1ccc(CC(=O)N2CC3(C2)OCCC3COCc2cccnc2)cc1. The Bertz CT molecular complexity index is 770. The maximum Gasteiger partial charge on any atom is 0.227 e. The molecule has 2 aliphatic rings. The number of hydrogen-bond acceptors (Lipinski definition) is 4. The normalized spacial score (nSPS) is 20.6. The first-order valence-corrected chi connectivity index (χ1v) is 9.59. The van der Waals surface area contributed by atoms with E-state index in [1.165, 1.54) is 5.56 Å². The number of benzene rings is 1. The van der Waals surface area contributed by atoms with Gasteiger partial charge in [-0.05, 0) is 30.5 Å². The largest absolute Gasteiger partial charge is 0.376 e. The highest BCUT2D eigenvalue weighted by molar-refractivity contribution is 5.80. The van der Waals surface area contributed by atoms with Crippen LogP contribution in [-0.4, -0.2) is 47.7 Å². The van der Waals surface area contributed by atoms with Crippen LogP contribution in [0.2, 0.25) is 0 Å². The first kappa shape index (κ1) is 18.1. The fourth-order valence-electron chi connectivity index (χ4n) is 3.94.